The molecular weight excluding hydrogens is 411 g/mol. The zero-order chi connectivity index (χ0) is 22.7. The quantitative estimate of drug-likeness (QED) is 0.371. The topological polar surface area (TPSA) is 20.3 Å². The summed E-state index contributed by atoms with van der Waals surface area (Å²) in [6.45, 7) is 2.36. The average molecular weight is 435 g/mol. The van der Waals surface area contributed by atoms with Crippen LogP contribution in [-0.2, 0) is 17.5 Å². The molecule has 0 N–H and O–H groups in total. The molecule has 0 unspecified atom stereocenters. The van der Waals surface area contributed by atoms with E-state index < -0.39 is 11.7 Å². The molecule has 3 aromatic carbocycles. The maximum absolute atomic E-state index is 13.7. The van der Waals surface area contributed by atoms with Crippen LogP contribution in [0.2, 0.25) is 0 Å². The SMILES string of the molecule is CCCC/C(=C1\C(=O)N(Cc2ccccc2)c2ccc(C(F)(F)F)cc21)c1ccccc1. The number of carbonyl (C=O) groups excluding carboxylic acids is 1. The van der Waals surface area contributed by atoms with E-state index in [1.807, 2.05) is 60.7 Å². The molecule has 4 rings (SSSR count). The monoisotopic (exact) mass is 435 g/mol. The molecule has 0 radical (unpaired) electrons. The van der Waals surface area contributed by atoms with Gasteiger partial charge >= 0.3 is 6.18 Å². The summed E-state index contributed by atoms with van der Waals surface area (Å²) in [6, 6.07) is 22.6. The van der Waals surface area contributed by atoms with Gasteiger partial charge < -0.3 is 4.90 Å². The molecule has 0 bridgehead atoms. The van der Waals surface area contributed by atoms with Crippen LogP contribution < -0.4 is 4.90 Å². The van der Waals surface area contributed by atoms with Gasteiger partial charge in [0.2, 0.25) is 0 Å². The first-order valence-corrected chi connectivity index (χ1v) is 10.8. The molecule has 1 aliphatic heterocycles. The Hall–Kier alpha value is -3.34. The summed E-state index contributed by atoms with van der Waals surface area (Å²) in [5.74, 6) is -0.252. The molecule has 0 aliphatic carbocycles. The van der Waals surface area contributed by atoms with Crippen molar-refractivity contribution in [2.75, 3.05) is 4.90 Å². The number of hydrogen-bond acceptors (Lipinski definition) is 1. The van der Waals surface area contributed by atoms with Crippen molar-refractivity contribution in [2.24, 2.45) is 0 Å². The van der Waals surface area contributed by atoms with E-state index in [0.717, 1.165) is 41.7 Å². The van der Waals surface area contributed by atoms with Gasteiger partial charge in [-0.2, -0.15) is 13.2 Å². The highest BCUT2D eigenvalue weighted by atomic mass is 19.4. The molecule has 1 aliphatic rings. The normalized spacial score (nSPS) is 15.1. The van der Waals surface area contributed by atoms with Crippen molar-refractivity contribution in [3.8, 4) is 0 Å². The summed E-state index contributed by atoms with van der Waals surface area (Å²) < 4.78 is 40.6. The summed E-state index contributed by atoms with van der Waals surface area (Å²) >= 11 is 0. The molecule has 0 saturated heterocycles. The molecular formula is C27H24F3NO. The van der Waals surface area contributed by atoms with E-state index >= 15 is 0 Å². The molecule has 5 heteroatoms. The van der Waals surface area contributed by atoms with E-state index in [9.17, 15) is 18.0 Å². The van der Waals surface area contributed by atoms with Crippen molar-refractivity contribution in [1.29, 1.82) is 0 Å². The Labute approximate surface area is 186 Å². The van der Waals surface area contributed by atoms with Crippen molar-refractivity contribution >= 4 is 22.7 Å². The number of rotatable bonds is 6. The minimum absolute atomic E-state index is 0.252. The largest absolute Gasteiger partial charge is 0.416 e. The van der Waals surface area contributed by atoms with Crippen molar-refractivity contribution in [3.05, 3.63) is 101 Å². The van der Waals surface area contributed by atoms with Crippen LogP contribution >= 0.6 is 0 Å². The van der Waals surface area contributed by atoms with Gasteiger partial charge in [0.25, 0.3) is 5.91 Å². The van der Waals surface area contributed by atoms with Gasteiger partial charge in [-0.1, -0.05) is 74.0 Å². The van der Waals surface area contributed by atoms with Gasteiger partial charge in [-0.25, -0.2) is 0 Å². The zero-order valence-electron chi connectivity index (χ0n) is 17.8. The Morgan fingerprint density at radius 1 is 0.906 bits per heavy atom. The Balaban J connectivity index is 1.92. The van der Waals surface area contributed by atoms with Crippen LogP contribution in [0.1, 0.15) is 48.4 Å². The lowest BCUT2D eigenvalue weighted by Crippen LogP contribution is -2.26. The molecule has 0 spiro atoms. The Morgan fingerprint density at radius 3 is 2.19 bits per heavy atom. The number of anilines is 1. The zero-order valence-corrected chi connectivity index (χ0v) is 17.8. The van der Waals surface area contributed by atoms with Gasteiger partial charge in [0.15, 0.2) is 0 Å². The third-order valence-electron chi connectivity index (χ3n) is 5.73. The number of alkyl halides is 3. The first-order chi connectivity index (χ1) is 15.4. The van der Waals surface area contributed by atoms with Crippen LogP contribution in [-0.4, -0.2) is 5.91 Å². The third kappa shape index (κ3) is 4.33. The second kappa shape index (κ2) is 9.03. The van der Waals surface area contributed by atoms with Crippen molar-refractivity contribution in [2.45, 2.75) is 38.9 Å². The van der Waals surface area contributed by atoms with Crippen LogP contribution in [0.5, 0.6) is 0 Å². The highest BCUT2D eigenvalue weighted by Gasteiger charge is 2.38. The lowest BCUT2D eigenvalue weighted by Gasteiger charge is -2.18. The van der Waals surface area contributed by atoms with Crippen LogP contribution in [0, 0.1) is 0 Å². The van der Waals surface area contributed by atoms with Crippen molar-refractivity contribution < 1.29 is 18.0 Å². The fourth-order valence-electron chi connectivity index (χ4n) is 4.13. The van der Waals surface area contributed by atoms with Gasteiger partial charge in [0, 0.05) is 5.56 Å². The van der Waals surface area contributed by atoms with Crippen molar-refractivity contribution in [3.63, 3.8) is 0 Å². The number of hydrogen-bond donors (Lipinski definition) is 0. The molecule has 2 nitrogen and oxygen atoms in total. The minimum Gasteiger partial charge on any atom is -0.303 e. The van der Waals surface area contributed by atoms with Crippen molar-refractivity contribution in [1.82, 2.24) is 0 Å². The van der Waals surface area contributed by atoms with Crippen LogP contribution in [0.15, 0.2) is 78.9 Å². The summed E-state index contributed by atoms with van der Waals surface area (Å²) in [6.07, 6.45) is -2.10. The van der Waals surface area contributed by atoms with E-state index in [2.05, 4.69) is 6.92 Å². The average Bonchev–Trinajstić information content (AvgIpc) is 3.06. The molecule has 0 atom stereocenters. The highest BCUT2D eigenvalue weighted by Crippen LogP contribution is 2.45. The van der Waals surface area contributed by atoms with Gasteiger partial charge in [0.05, 0.1) is 23.4 Å². The first-order valence-electron chi connectivity index (χ1n) is 10.8. The Morgan fingerprint density at radius 2 is 1.56 bits per heavy atom. The molecule has 3 aromatic rings. The number of fused-ring (bicyclic) bond motifs is 1. The fraction of sp³-hybridized carbons (Fsp3) is 0.222. The number of benzene rings is 3. The summed E-state index contributed by atoms with van der Waals surface area (Å²) in [7, 11) is 0. The number of allylic oxidation sites excluding steroid dienone is 1. The Kier molecular flexibility index (Phi) is 6.17. The summed E-state index contributed by atoms with van der Waals surface area (Å²) in [5.41, 5.74) is 3.10. The van der Waals surface area contributed by atoms with Gasteiger partial charge in [-0.15, -0.1) is 0 Å². The molecule has 32 heavy (non-hydrogen) atoms. The van der Waals surface area contributed by atoms with Gasteiger partial charge in [-0.3, -0.25) is 4.79 Å². The maximum Gasteiger partial charge on any atom is 0.416 e. The summed E-state index contributed by atoms with van der Waals surface area (Å²) in [5, 5.41) is 0. The molecule has 0 saturated carbocycles. The number of nitrogens with zero attached hydrogens (tertiary/aromatic N) is 1. The van der Waals surface area contributed by atoms with E-state index in [1.54, 1.807) is 4.90 Å². The molecule has 0 fully saturated rings. The van der Waals surface area contributed by atoms with E-state index in [4.69, 9.17) is 0 Å². The second-order valence-corrected chi connectivity index (χ2v) is 7.93. The fourth-order valence-corrected chi connectivity index (χ4v) is 4.13. The maximum atomic E-state index is 13.7. The molecule has 0 aromatic heterocycles. The van der Waals surface area contributed by atoms with E-state index in [-0.39, 0.29) is 5.91 Å². The highest BCUT2D eigenvalue weighted by molar-refractivity contribution is 6.37. The lowest BCUT2D eigenvalue weighted by atomic mass is 9.91. The molecule has 1 amide bonds. The van der Waals surface area contributed by atoms with Gasteiger partial charge in [0.1, 0.15) is 0 Å². The van der Waals surface area contributed by atoms with Gasteiger partial charge in [-0.05, 0) is 47.7 Å². The van der Waals surface area contributed by atoms with E-state index in [1.165, 1.54) is 6.07 Å². The molecule has 164 valence electrons. The second-order valence-electron chi connectivity index (χ2n) is 7.93. The molecule has 1 heterocycles. The predicted molar refractivity (Wildman–Crippen MR) is 122 cm³/mol. The number of carbonyl (C=O) groups is 1. The third-order valence-corrected chi connectivity index (χ3v) is 5.73. The van der Waals surface area contributed by atoms with Crippen LogP contribution in [0.3, 0.4) is 0 Å². The number of amides is 1. The number of unbranched alkanes of at least 4 members (excludes halogenated alkanes) is 1. The predicted octanol–water partition coefficient (Wildman–Crippen LogP) is 7.35. The smallest absolute Gasteiger partial charge is 0.303 e. The van der Waals surface area contributed by atoms with Crippen LogP contribution in [0.25, 0.3) is 11.1 Å². The lowest BCUT2D eigenvalue weighted by molar-refractivity contribution is -0.137. The minimum atomic E-state index is -4.48. The van der Waals surface area contributed by atoms with E-state index in [0.29, 0.717) is 29.8 Å². The standard InChI is InChI=1S/C27H24F3NO/c1-2-3-14-22(20-12-8-5-9-13-20)25-23-17-21(27(28,29)30)15-16-24(23)31(26(25)32)18-19-10-6-4-7-11-19/h4-13,15-17H,2-3,14,18H2,1H3/b25-22+. The first kappa shape index (κ1) is 21.9. The summed E-state index contributed by atoms with van der Waals surface area (Å²) in [4.78, 5) is 15.3. The number of halogens is 3. The Bertz CT molecular complexity index is 1130. The van der Waals surface area contributed by atoms with Crippen LogP contribution in [0.4, 0.5) is 18.9 Å².